The number of hydrogen-bond acceptors (Lipinski definition) is 5. The van der Waals surface area contributed by atoms with Gasteiger partial charge in [0.05, 0.1) is 24.9 Å². The Bertz CT molecular complexity index is 1270. The number of amides is 1. The smallest absolute Gasteiger partial charge is 0.251 e. The van der Waals surface area contributed by atoms with Crippen LogP contribution in [0.25, 0.3) is 16.9 Å². The normalized spacial score (nSPS) is 10.8. The Hall–Kier alpha value is -3.58. The van der Waals surface area contributed by atoms with Crippen molar-refractivity contribution in [2.24, 2.45) is 0 Å². The second kappa shape index (κ2) is 8.65. The monoisotopic (exact) mass is 436 g/mol. The Morgan fingerprint density at radius 1 is 1.13 bits per heavy atom. The van der Waals surface area contributed by atoms with Crippen LogP contribution >= 0.6 is 11.6 Å². The molecule has 4 rings (SSSR count). The number of carbonyl (C=O) groups is 1. The maximum absolute atomic E-state index is 12.9. The van der Waals surface area contributed by atoms with Gasteiger partial charge < -0.3 is 14.8 Å². The summed E-state index contributed by atoms with van der Waals surface area (Å²) < 4.78 is 12.5. The Kier molecular flexibility index (Phi) is 5.77. The van der Waals surface area contributed by atoms with E-state index in [1.54, 1.807) is 50.7 Å². The van der Waals surface area contributed by atoms with Gasteiger partial charge in [0.15, 0.2) is 5.65 Å². The highest BCUT2D eigenvalue weighted by atomic mass is 35.5. The first-order valence-electron chi connectivity index (χ1n) is 9.61. The van der Waals surface area contributed by atoms with E-state index in [1.165, 1.54) is 0 Å². The molecule has 0 aliphatic heterocycles. The SMILES string of the molecule is COc1ccc(OC)c(CNC(=O)c2ccc(Cl)c(-n3c(C)nc4cccnc43)c2)c1. The summed E-state index contributed by atoms with van der Waals surface area (Å²) in [7, 11) is 3.18. The third-order valence-corrected chi connectivity index (χ3v) is 5.28. The van der Waals surface area contributed by atoms with E-state index in [4.69, 9.17) is 21.1 Å². The Labute approximate surface area is 184 Å². The van der Waals surface area contributed by atoms with Gasteiger partial charge in [-0.3, -0.25) is 9.36 Å². The lowest BCUT2D eigenvalue weighted by molar-refractivity contribution is 0.0950. The molecule has 8 heteroatoms. The fraction of sp³-hybridized carbons (Fsp3) is 0.174. The maximum Gasteiger partial charge on any atom is 0.251 e. The molecule has 0 fully saturated rings. The van der Waals surface area contributed by atoms with E-state index in [2.05, 4.69) is 15.3 Å². The van der Waals surface area contributed by atoms with E-state index in [0.717, 1.165) is 16.9 Å². The third kappa shape index (κ3) is 4.04. The number of hydrogen-bond donors (Lipinski definition) is 1. The van der Waals surface area contributed by atoms with Gasteiger partial charge in [0, 0.05) is 23.9 Å². The van der Waals surface area contributed by atoms with Crippen molar-refractivity contribution in [1.29, 1.82) is 0 Å². The second-order valence-electron chi connectivity index (χ2n) is 6.87. The molecule has 31 heavy (non-hydrogen) atoms. The maximum atomic E-state index is 12.9. The van der Waals surface area contributed by atoms with E-state index in [0.29, 0.717) is 33.4 Å². The number of nitrogens with one attached hydrogen (secondary N) is 1. The van der Waals surface area contributed by atoms with E-state index in [-0.39, 0.29) is 12.5 Å². The molecule has 4 aromatic rings. The number of nitrogens with zero attached hydrogens (tertiary/aromatic N) is 3. The van der Waals surface area contributed by atoms with Crippen molar-refractivity contribution in [3.8, 4) is 17.2 Å². The van der Waals surface area contributed by atoms with Crippen molar-refractivity contribution < 1.29 is 14.3 Å². The average molecular weight is 437 g/mol. The molecular formula is C23H21ClN4O3. The number of halogens is 1. The van der Waals surface area contributed by atoms with Gasteiger partial charge in [0.2, 0.25) is 0 Å². The van der Waals surface area contributed by atoms with Crippen molar-refractivity contribution in [2.45, 2.75) is 13.5 Å². The van der Waals surface area contributed by atoms with E-state index >= 15 is 0 Å². The van der Waals surface area contributed by atoms with Gasteiger partial charge in [-0.2, -0.15) is 0 Å². The molecule has 2 heterocycles. The van der Waals surface area contributed by atoms with Gasteiger partial charge in [-0.05, 0) is 55.5 Å². The number of aromatic nitrogens is 3. The van der Waals surface area contributed by atoms with Crippen LogP contribution in [-0.4, -0.2) is 34.7 Å². The summed E-state index contributed by atoms with van der Waals surface area (Å²) >= 11 is 6.47. The average Bonchev–Trinajstić information content (AvgIpc) is 3.13. The van der Waals surface area contributed by atoms with Gasteiger partial charge in [0.25, 0.3) is 5.91 Å². The predicted octanol–water partition coefficient (Wildman–Crippen LogP) is 4.33. The van der Waals surface area contributed by atoms with Gasteiger partial charge in [-0.1, -0.05) is 11.6 Å². The summed E-state index contributed by atoms with van der Waals surface area (Å²) in [5.41, 5.74) is 3.37. The van der Waals surface area contributed by atoms with Gasteiger partial charge in [0.1, 0.15) is 22.8 Å². The van der Waals surface area contributed by atoms with Crippen LogP contribution in [-0.2, 0) is 6.54 Å². The molecule has 158 valence electrons. The van der Waals surface area contributed by atoms with Crippen LogP contribution in [0.5, 0.6) is 11.5 Å². The molecule has 0 saturated carbocycles. The van der Waals surface area contributed by atoms with E-state index in [1.807, 2.05) is 29.7 Å². The highest BCUT2D eigenvalue weighted by Crippen LogP contribution is 2.27. The molecule has 0 atom stereocenters. The topological polar surface area (TPSA) is 78.3 Å². The van der Waals surface area contributed by atoms with Crippen molar-refractivity contribution in [3.05, 3.63) is 76.7 Å². The zero-order valence-corrected chi connectivity index (χ0v) is 18.1. The predicted molar refractivity (Wildman–Crippen MR) is 119 cm³/mol. The zero-order chi connectivity index (χ0) is 22.0. The van der Waals surface area contributed by atoms with E-state index < -0.39 is 0 Å². The lowest BCUT2D eigenvalue weighted by atomic mass is 10.1. The fourth-order valence-corrected chi connectivity index (χ4v) is 3.64. The van der Waals surface area contributed by atoms with Crippen LogP contribution in [0.1, 0.15) is 21.7 Å². The lowest BCUT2D eigenvalue weighted by Crippen LogP contribution is -2.23. The molecule has 1 N–H and O–H groups in total. The summed E-state index contributed by atoms with van der Waals surface area (Å²) in [5.74, 6) is 1.85. The van der Waals surface area contributed by atoms with E-state index in [9.17, 15) is 4.79 Å². The molecule has 0 saturated heterocycles. The molecule has 0 aliphatic carbocycles. The lowest BCUT2D eigenvalue weighted by Gasteiger charge is -2.13. The Morgan fingerprint density at radius 2 is 1.97 bits per heavy atom. The number of benzene rings is 2. The van der Waals surface area contributed by atoms with Crippen molar-refractivity contribution in [2.75, 3.05) is 14.2 Å². The molecule has 2 aromatic carbocycles. The van der Waals surface area contributed by atoms with Crippen molar-refractivity contribution in [1.82, 2.24) is 19.9 Å². The quantitative estimate of drug-likeness (QED) is 0.486. The minimum absolute atomic E-state index is 0.238. The third-order valence-electron chi connectivity index (χ3n) is 4.96. The van der Waals surface area contributed by atoms with Crippen LogP contribution in [0.3, 0.4) is 0 Å². The van der Waals surface area contributed by atoms with Gasteiger partial charge in [-0.25, -0.2) is 9.97 Å². The van der Waals surface area contributed by atoms with Crippen molar-refractivity contribution in [3.63, 3.8) is 0 Å². The first-order valence-corrected chi connectivity index (χ1v) is 9.98. The van der Waals surface area contributed by atoms with Crippen LogP contribution in [0.4, 0.5) is 0 Å². The first kappa shape index (κ1) is 20.7. The minimum Gasteiger partial charge on any atom is -0.497 e. The molecule has 0 aliphatic rings. The van der Waals surface area contributed by atoms with Gasteiger partial charge >= 0.3 is 0 Å². The fourth-order valence-electron chi connectivity index (χ4n) is 3.44. The van der Waals surface area contributed by atoms with Crippen LogP contribution in [0.15, 0.2) is 54.7 Å². The largest absolute Gasteiger partial charge is 0.497 e. The molecule has 0 radical (unpaired) electrons. The number of imidazole rings is 1. The molecule has 0 bridgehead atoms. The summed E-state index contributed by atoms with van der Waals surface area (Å²) in [6, 6.07) is 14.3. The number of aryl methyl sites for hydroxylation is 1. The summed E-state index contributed by atoms with van der Waals surface area (Å²) in [6.07, 6.45) is 1.70. The number of ether oxygens (including phenoxy) is 2. The molecular weight excluding hydrogens is 416 g/mol. The molecule has 0 spiro atoms. The molecule has 2 aromatic heterocycles. The first-order chi connectivity index (χ1) is 15.0. The minimum atomic E-state index is -0.238. The summed E-state index contributed by atoms with van der Waals surface area (Å²) in [4.78, 5) is 21.8. The second-order valence-corrected chi connectivity index (χ2v) is 7.27. The Balaban J connectivity index is 1.63. The summed E-state index contributed by atoms with van der Waals surface area (Å²) in [6.45, 7) is 2.16. The number of pyridine rings is 1. The number of rotatable bonds is 6. The van der Waals surface area contributed by atoms with Crippen LogP contribution in [0, 0.1) is 6.92 Å². The molecule has 1 amide bonds. The summed E-state index contributed by atoms with van der Waals surface area (Å²) in [5, 5.41) is 3.43. The Morgan fingerprint density at radius 3 is 2.74 bits per heavy atom. The molecule has 7 nitrogen and oxygen atoms in total. The number of methoxy groups -OCH3 is 2. The zero-order valence-electron chi connectivity index (χ0n) is 17.3. The molecule has 0 unspecified atom stereocenters. The number of carbonyl (C=O) groups excluding carboxylic acids is 1. The van der Waals surface area contributed by atoms with Crippen LogP contribution in [0.2, 0.25) is 5.02 Å². The van der Waals surface area contributed by atoms with Gasteiger partial charge in [-0.15, -0.1) is 0 Å². The van der Waals surface area contributed by atoms with Crippen LogP contribution < -0.4 is 14.8 Å². The number of fused-ring (bicyclic) bond motifs is 1. The van der Waals surface area contributed by atoms with Crippen molar-refractivity contribution >= 4 is 28.7 Å². The standard InChI is InChI=1S/C23H21ClN4O3/c1-14-27-19-5-4-10-25-22(19)28(14)20-12-15(6-8-18(20)24)23(29)26-13-16-11-17(30-2)7-9-21(16)31-3/h4-12H,13H2,1-3H3,(H,26,29). The highest BCUT2D eigenvalue weighted by Gasteiger charge is 2.16. The highest BCUT2D eigenvalue weighted by molar-refractivity contribution is 6.32.